The van der Waals surface area contributed by atoms with Crippen LogP contribution in [0.4, 0.5) is 0 Å². The van der Waals surface area contributed by atoms with E-state index < -0.39 is 0 Å². The second-order valence-electron chi connectivity index (χ2n) is 2.51. The molecule has 0 aromatic carbocycles. The van der Waals surface area contributed by atoms with Crippen LogP contribution < -0.4 is 0 Å². The summed E-state index contributed by atoms with van der Waals surface area (Å²) in [7, 11) is 0. The van der Waals surface area contributed by atoms with E-state index in [-0.39, 0.29) is 0 Å². The second-order valence-corrected chi connectivity index (χ2v) is 2.87. The molecule has 0 spiro atoms. The summed E-state index contributed by atoms with van der Waals surface area (Å²) in [5.74, 6) is 0. The van der Waals surface area contributed by atoms with Crippen LogP contribution in [0.5, 0.6) is 0 Å². The highest BCUT2D eigenvalue weighted by atomic mass is 35.5. The lowest BCUT2D eigenvalue weighted by Gasteiger charge is -1.99. The number of carbonyl (C=O) groups excluding carboxylic acids is 1. The lowest BCUT2D eigenvalue weighted by atomic mass is 10.1. The molecule has 0 aliphatic heterocycles. The highest BCUT2D eigenvalue weighted by Crippen LogP contribution is 2.13. The largest absolute Gasteiger partial charge is 0.303 e. The van der Waals surface area contributed by atoms with Crippen molar-refractivity contribution in [3.8, 4) is 0 Å². The molecule has 0 saturated heterocycles. The molecule has 1 heterocycles. The van der Waals surface area contributed by atoms with Crippen LogP contribution in [-0.4, -0.2) is 11.3 Å². The van der Waals surface area contributed by atoms with Crippen LogP contribution in [0.3, 0.4) is 0 Å². The first kappa shape index (κ1) is 9.20. The summed E-state index contributed by atoms with van der Waals surface area (Å²) in [6.45, 7) is 0. The Kier molecular flexibility index (Phi) is 3.74. The van der Waals surface area contributed by atoms with Gasteiger partial charge in [0.05, 0.1) is 0 Å². The zero-order chi connectivity index (χ0) is 8.81. The number of hydrogen-bond acceptors (Lipinski definition) is 2. The summed E-state index contributed by atoms with van der Waals surface area (Å²) in [5, 5.41) is 0.545. The molecule has 0 atom stereocenters. The molecule has 1 rings (SSSR count). The predicted molar refractivity (Wildman–Crippen MR) is 48.2 cm³/mol. The molecule has 12 heavy (non-hydrogen) atoms. The Hall–Kier alpha value is -0.890. The van der Waals surface area contributed by atoms with Crippen molar-refractivity contribution in [2.24, 2.45) is 0 Å². The van der Waals surface area contributed by atoms with Gasteiger partial charge in [-0.2, -0.15) is 0 Å². The van der Waals surface area contributed by atoms with E-state index in [1.165, 1.54) is 0 Å². The molecular weight excluding hydrogens is 174 g/mol. The van der Waals surface area contributed by atoms with Gasteiger partial charge < -0.3 is 4.79 Å². The molecule has 1 aromatic rings. The molecular formula is C9H10ClNO. The van der Waals surface area contributed by atoms with Crippen molar-refractivity contribution in [2.45, 2.75) is 19.3 Å². The van der Waals surface area contributed by atoms with Gasteiger partial charge in [0.25, 0.3) is 0 Å². The molecule has 3 heteroatoms. The standard InChI is InChI=1S/C9H10ClNO/c10-9-8(4-1-2-7-12)5-3-6-11-9/h3,5-7H,1-2,4H2. The van der Waals surface area contributed by atoms with Crippen LogP contribution in [0.15, 0.2) is 18.3 Å². The lowest BCUT2D eigenvalue weighted by Crippen LogP contribution is -1.89. The third kappa shape index (κ3) is 2.62. The highest BCUT2D eigenvalue weighted by Gasteiger charge is 1.98. The Morgan fingerprint density at radius 1 is 1.58 bits per heavy atom. The van der Waals surface area contributed by atoms with Crippen molar-refractivity contribution in [3.05, 3.63) is 29.0 Å². The first-order chi connectivity index (χ1) is 5.84. The number of unbranched alkanes of at least 4 members (excludes halogenated alkanes) is 1. The number of nitrogens with zero attached hydrogens (tertiary/aromatic N) is 1. The molecule has 2 nitrogen and oxygen atoms in total. The van der Waals surface area contributed by atoms with Gasteiger partial charge in [-0.15, -0.1) is 0 Å². The minimum Gasteiger partial charge on any atom is -0.303 e. The summed E-state index contributed by atoms with van der Waals surface area (Å²) in [5.41, 5.74) is 1.01. The Labute approximate surface area is 76.6 Å². The van der Waals surface area contributed by atoms with E-state index in [1.54, 1.807) is 6.20 Å². The van der Waals surface area contributed by atoms with Crippen LogP contribution in [0, 0.1) is 0 Å². The zero-order valence-corrected chi connectivity index (χ0v) is 7.42. The number of hydrogen-bond donors (Lipinski definition) is 0. The lowest BCUT2D eigenvalue weighted by molar-refractivity contribution is -0.107. The van der Waals surface area contributed by atoms with Crippen molar-refractivity contribution in [2.75, 3.05) is 0 Å². The fourth-order valence-corrected chi connectivity index (χ4v) is 1.20. The Bertz CT molecular complexity index is 262. The molecule has 0 saturated carbocycles. The number of aryl methyl sites for hydroxylation is 1. The van der Waals surface area contributed by atoms with E-state index in [4.69, 9.17) is 11.6 Å². The number of pyridine rings is 1. The molecule has 0 radical (unpaired) electrons. The van der Waals surface area contributed by atoms with Crippen LogP contribution in [0.25, 0.3) is 0 Å². The van der Waals surface area contributed by atoms with Gasteiger partial charge in [0, 0.05) is 12.6 Å². The molecule has 0 amide bonds. The smallest absolute Gasteiger partial charge is 0.132 e. The van der Waals surface area contributed by atoms with Gasteiger partial charge in [-0.3, -0.25) is 0 Å². The van der Waals surface area contributed by atoms with E-state index in [1.807, 2.05) is 12.1 Å². The fourth-order valence-electron chi connectivity index (χ4n) is 0.982. The molecule has 0 aliphatic carbocycles. The van der Waals surface area contributed by atoms with E-state index in [0.29, 0.717) is 11.6 Å². The average Bonchev–Trinajstić information content (AvgIpc) is 2.09. The Morgan fingerprint density at radius 2 is 2.42 bits per heavy atom. The number of carbonyl (C=O) groups is 1. The second kappa shape index (κ2) is 4.88. The third-order valence-corrected chi connectivity index (χ3v) is 1.94. The maximum atomic E-state index is 10.0. The minimum absolute atomic E-state index is 0.545. The highest BCUT2D eigenvalue weighted by molar-refractivity contribution is 6.30. The third-order valence-electron chi connectivity index (χ3n) is 1.60. The summed E-state index contributed by atoms with van der Waals surface area (Å²) < 4.78 is 0. The van der Waals surface area contributed by atoms with E-state index in [0.717, 1.165) is 24.7 Å². The van der Waals surface area contributed by atoms with Crippen LogP contribution in [-0.2, 0) is 11.2 Å². The number of aromatic nitrogens is 1. The average molecular weight is 184 g/mol. The zero-order valence-electron chi connectivity index (χ0n) is 6.66. The summed E-state index contributed by atoms with van der Waals surface area (Å²) >= 11 is 5.80. The fraction of sp³-hybridized carbons (Fsp3) is 0.333. The van der Waals surface area contributed by atoms with Crippen molar-refractivity contribution in [1.82, 2.24) is 4.98 Å². The van der Waals surface area contributed by atoms with Crippen molar-refractivity contribution in [3.63, 3.8) is 0 Å². The number of aldehydes is 1. The number of rotatable bonds is 4. The minimum atomic E-state index is 0.545. The first-order valence-corrected chi connectivity index (χ1v) is 4.25. The maximum Gasteiger partial charge on any atom is 0.132 e. The van der Waals surface area contributed by atoms with Gasteiger partial charge in [0.2, 0.25) is 0 Å². The van der Waals surface area contributed by atoms with Gasteiger partial charge in [-0.1, -0.05) is 17.7 Å². The topological polar surface area (TPSA) is 30.0 Å². The normalized spacial score (nSPS) is 9.75. The molecule has 0 bridgehead atoms. The Balaban J connectivity index is 2.51. The Morgan fingerprint density at radius 3 is 3.08 bits per heavy atom. The monoisotopic (exact) mass is 183 g/mol. The van der Waals surface area contributed by atoms with Crippen molar-refractivity contribution in [1.29, 1.82) is 0 Å². The SMILES string of the molecule is O=CCCCc1cccnc1Cl. The van der Waals surface area contributed by atoms with E-state index >= 15 is 0 Å². The van der Waals surface area contributed by atoms with Crippen LogP contribution in [0.2, 0.25) is 5.15 Å². The quantitative estimate of drug-likeness (QED) is 0.407. The molecule has 64 valence electrons. The first-order valence-electron chi connectivity index (χ1n) is 3.87. The van der Waals surface area contributed by atoms with Gasteiger partial charge in [-0.25, -0.2) is 4.98 Å². The molecule has 0 unspecified atom stereocenters. The van der Waals surface area contributed by atoms with Crippen LogP contribution >= 0.6 is 11.6 Å². The number of halogens is 1. The molecule has 1 aromatic heterocycles. The predicted octanol–water partition coefficient (Wildman–Crippen LogP) is 2.26. The van der Waals surface area contributed by atoms with Crippen LogP contribution in [0.1, 0.15) is 18.4 Å². The molecule has 0 fully saturated rings. The van der Waals surface area contributed by atoms with Gasteiger partial charge in [0.1, 0.15) is 11.4 Å². The summed E-state index contributed by atoms with van der Waals surface area (Å²) in [4.78, 5) is 14.0. The van der Waals surface area contributed by atoms with Crippen molar-refractivity contribution < 1.29 is 4.79 Å². The van der Waals surface area contributed by atoms with Gasteiger partial charge >= 0.3 is 0 Å². The van der Waals surface area contributed by atoms with E-state index in [2.05, 4.69) is 4.98 Å². The summed E-state index contributed by atoms with van der Waals surface area (Å²) in [6, 6.07) is 3.78. The summed E-state index contributed by atoms with van der Waals surface area (Å²) in [6.07, 6.45) is 4.83. The van der Waals surface area contributed by atoms with Crippen molar-refractivity contribution >= 4 is 17.9 Å². The van der Waals surface area contributed by atoms with Gasteiger partial charge in [0.15, 0.2) is 0 Å². The van der Waals surface area contributed by atoms with Gasteiger partial charge in [-0.05, 0) is 24.5 Å². The molecule has 0 N–H and O–H groups in total. The maximum absolute atomic E-state index is 10.0. The van der Waals surface area contributed by atoms with E-state index in [9.17, 15) is 4.79 Å². The molecule has 0 aliphatic rings.